The highest BCUT2D eigenvalue weighted by Crippen LogP contribution is 2.29. The maximum absolute atomic E-state index is 13.1. The van der Waals surface area contributed by atoms with Crippen LogP contribution in [0.25, 0.3) is 0 Å². The highest BCUT2D eigenvalue weighted by molar-refractivity contribution is 6.00. The monoisotopic (exact) mass is 426 g/mol. The molecule has 7 nitrogen and oxygen atoms in total. The van der Waals surface area contributed by atoms with E-state index < -0.39 is 0 Å². The Morgan fingerprint density at radius 1 is 1.00 bits per heavy atom. The summed E-state index contributed by atoms with van der Waals surface area (Å²) in [6.07, 6.45) is 2.48. The molecule has 168 valence electrons. The molecule has 1 unspecified atom stereocenters. The zero-order valence-corrected chi connectivity index (χ0v) is 18.8. The first kappa shape index (κ1) is 21.8. The summed E-state index contributed by atoms with van der Waals surface area (Å²) in [7, 11) is 0. The van der Waals surface area contributed by atoms with Gasteiger partial charge in [-0.3, -0.25) is 19.3 Å². The lowest BCUT2D eigenvalue weighted by molar-refractivity contribution is -0.138. The molecule has 0 spiro atoms. The van der Waals surface area contributed by atoms with Crippen LogP contribution >= 0.6 is 0 Å². The van der Waals surface area contributed by atoms with E-state index in [1.165, 1.54) is 5.56 Å². The van der Waals surface area contributed by atoms with Crippen LogP contribution in [0.4, 0.5) is 5.69 Å². The number of benzene rings is 1. The van der Waals surface area contributed by atoms with Crippen molar-refractivity contribution in [2.75, 3.05) is 57.3 Å². The number of rotatable bonds is 5. The third-order valence-electron chi connectivity index (χ3n) is 6.82. The number of anilines is 1. The van der Waals surface area contributed by atoms with E-state index in [0.717, 1.165) is 31.6 Å². The molecule has 7 heteroatoms. The maximum atomic E-state index is 13.1. The van der Waals surface area contributed by atoms with Crippen LogP contribution in [0.3, 0.4) is 0 Å². The van der Waals surface area contributed by atoms with Crippen LogP contribution in [0.1, 0.15) is 44.6 Å². The molecular weight excluding hydrogens is 392 g/mol. The molecule has 0 radical (unpaired) electrons. The summed E-state index contributed by atoms with van der Waals surface area (Å²) in [5, 5.41) is 0. The van der Waals surface area contributed by atoms with Crippen LogP contribution in [-0.2, 0) is 14.4 Å². The van der Waals surface area contributed by atoms with Gasteiger partial charge in [-0.15, -0.1) is 0 Å². The second-order valence-electron chi connectivity index (χ2n) is 9.34. The summed E-state index contributed by atoms with van der Waals surface area (Å²) in [5.41, 5.74) is 2.08. The minimum Gasteiger partial charge on any atom is -0.342 e. The van der Waals surface area contributed by atoms with Crippen LogP contribution in [0.15, 0.2) is 24.3 Å². The summed E-state index contributed by atoms with van der Waals surface area (Å²) < 4.78 is 0. The Labute approximate surface area is 185 Å². The first-order valence-electron chi connectivity index (χ1n) is 11.6. The van der Waals surface area contributed by atoms with Gasteiger partial charge in [0, 0.05) is 57.9 Å². The molecule has 0 aromatic heterocycles. The Balaban J connectivity index is 1.30. The normalized spacial score (nSPS) is 22.6. The average molecular weight is 427 g/mol. The number of nitrogens with zero attached hydrogens (tertiary/aromatic N) is 4. The molecule has 3 saturated heterocycles. The van der Waals surface area contributed by atoms with Crippen molar-refractivity contribution in [1.29, 1.82) is 0 Å². The number of piperazine rings is 1. The van der Waals surface area contributed by atoms with E-state index in [9.17, 15) is 14.4 Å². The van der Waals surface area contributed by atoms with E-state index >= 15 is 0 Å². The van der Waals surface area contributed by atoms with Crippen LogP contribution in [-0.4, -0.2) is 84.8 Å². The fourth-order valence-electron chi connectivity index (χ4n) is 4.82. The molecule has 1 aromatic rings. The van der Waals surface area contributed by atoms with E-state index in [0.29, 0.717) is 45.2 Å². The van der Waals surface area contributed by atoms with Gasteiger partial charge in [0.1, 0.15) is 0 Å². The minimum atomic E-state index is -0.284. The number of carbonyl (C=O) groups is 3. The predicted molar refractivity (Wildman–Crippen MR) is 120 cm³/mol. The van der Waals surface area contributed by atoms with Crippen molar-refractivity contribution in [2.24, 2.45) is 5.92 Å². The molecule has 4 rings (SSSR count). The van der Waals surface area contributed by atoms with Gasteiger partial charge in [0.25, 0.3) is 0 Å². The Kier molecular flexibility index (Phi) is 6.60. The molecule has 1 atom stereocenters. The molecule has 3 amide bonds. The first-order chi connectivity index (χ1) is 14.9. The molecule has 0 saturated carbocycles. The van der Waals surface area contributed by atoms with Gasteiger partial charge in [-0.25, -0.2) is 0 Å². The van der Waals surface area contributed by atoms with Crippen molar-refractivity contribution < 1.29 is 14.4 Å². The van der Waals surface area contributed by atoms with Gasteiger partial charge < -0.3 is 14.7 Å². The average Bonchev–Trinajstić information content (AvgIpc) is 3.44. The van der Waals surface area contributed by atoms with Gasteiger partial charge in [-0.1, -0.05) is 26.0 Å². The van der Waals surface area contributed by atoms with Gasteiger partial charge in [-0.05, 0) is 36.5 Å². The van der Waals surface area contributed by atoms with Crippen molar-refractivity contribution >= 4 is 23.4 Å². The van der Waals surface area contributed by atoms with Gasteiger partial charge in [0.15, 0.2) is 0 Å². The molecule has 3 heterocycles. The first-order valence-corrected chi connectivity index (χ1v) is 11.6. The molecule has 3 fully saturated rings. The zero-order valence-electron chi connectivity index (χ0n) is 18.8. The number of likely N-dealkylation sites (tertiary alicyclic amines) is 1. The van der Waals surface area contributed by atoms with E-state index in [4.69, 9.17) is 0 Å². The minimum absolute atomic E-state index is 0.0223. The molecule has 1 aromatic carbocycles. The van der Waals surface area contributed by atoms with E-state index in [1.807, 2.05) is 21.9 Å². The van der Waals surface area contributed by atoms with Crippen molar-refractivity contribution in [2.45, 2.75) is 39.0 Å². The third kappa shape index (κ3) is 4.92. The van der Waals surface area contributed by atoms with Crippen molar-refractivity contribution in [1.82, 2.24) is 14.7 Å². The third-order valence-corrected chi connectivity index (χ3v) is 6.82. The molecule has 0 N–H and O–H groups in total. The number of carbonyl (C=O) groups excluding carboxylic acids is 3. The van der Waals surface area contributed by atoms with E-state index in [1.54, 1.807) is 4.90 Å². The predicted octanol–water partition coefficient (Wildman–Crippen LogP) is 1.93. The quantitative estimate of drug-likeness (QED) is 0.722. The van der Waals surface area contributed by atoms with E-state index in [2.05, 4.69) is 30.9 Å². The van der Waals surface area contributed by atoms with Crippen molar-refractivity contribution in [3.05, 3.63) is 29.8 Å². The second-order valence-corrected chi connectivity index (χ2v) is 9.34. The Hall–Kier alpha value is -2.41. The molecule has 3 aliphatic heterocycles. The Bertz CT molecular complexity index is 826. The van der Waals surface area contributed by atoms with Gasteiger partial charge in [0.05, 0.1) is 12.5 Å². The molecule has 0 bridgehead atoms. The Morgan fingerprint density at radius 2 is 1.71 bits per heavy atom. The SMILES string of the molecule is CC(C)c1cccc(N2CC(C(=O)N3CCN(CC(=O)N4CCCC4)CC3)CC2=O)c1. The van der Waals surface area contributed by atoms with Crippen LogP contribution in [0, 0.1) is 5.92 Å². The lowest BCUT2D eigenvalue weighted by Crippen LogP contribution is -2.52. The van der Waals surface area contributed by atoms with E-state index in [-0.39, 0.29) is 30.1 Å². The fraction of sp³-hybridized carbons (Fsp3) is 0.625. The summed E-state index contributed by atoms with van der Waals surface area (Å²) in [6, 6.07) is 8.07. The smallest absolute Gasteiger partial charge is 0.236 e. The van der Waals surface area contributed by atoms with Gasteiger partial charge in [-0.2, -0.15) is 0 Å². The van der Waals surface area contributed by atoms with Gasteiger partial charge >= 0.3 is 0 Å². The topological polar surface area (TPSA) is 64.2 Å². The standard InChI is InChI=1S/C24H34N4O3/c1-18(2)19-6-5-7-21(14-19)28-16-20(15-22(28)29)24(31)27-12-10-25(11-13-27)17-23(30)26-8-3-4-9-26/h5-7,14,18,20H,3-4,8-13,15-17H2,1-2H3. The summed E-state index contributed by atoms with van der Waals surface area (Å²) in [4.78, 5) is 45.9. The highest BCUT2D eigenvalue weighted by atomic mass is 16.2. The highest BCUT2D eigenvalue weighted by Gasteiger charge is 2.38. The Morgan fingerprint density at radius 3 is 2.39 bits per heavy atom. The lowest BCUT2D eigenvalue weighted by Gasteiger charge is -2.36. The summed E-state index contributed by atoms with van der Waals surface area (Å²) in [5.74, 6) is 0.408. The van der Waals surface area contributed by atoms with Crippen molar-refractivity contribution in [3.8, 4) is 0 Å². The van der Waals surface area contributed by atoms with Crippen LogP contribution in [0.5, 0.6) is 0 Å². The largest absolute Gasteiger partial charge is 0.342 e. The summed E-state index contributed by atoms with van der Waals surface area (Å²) >= 11 is 0. The number of amides is 3. The molecule has 31 heavy (non-hydrogen) atoms. The van der Waals surface area contributed by atoms with Gasteiger partial charge in [0.2, 0.25) is 17.7 Å². The summed E-state index contributed by atoms with van der Waals surface area (Å²) in [6.45, 7) is 9.60. The molecule has 3 aliphatic rings. The number of hydrogen-bond donors (Lipinski definition) is 0. The van der Waals surface area contributed by atoms with Crippen LogP contribution in [0.2, 0.25) is 0 Å². The maximum Gasteiger partial charge on any atom is 0.236 e. The second kappa shape index (κ2) is 9.39. The lowest BCUT2D eigenvalue weighted by atomic mass is 10.0. The molecule has 0 aliphatic carbocycles. The zero-order chi connectivity index (χ0) is 22.0. The van der Waals surface area contributed by atoms with Crippen LogP contribution < -0.4 is 4.90 Å². The van der Waals surface area contributed by atoms with Crippen molar-refractivity contribution in [3.63, 3.8) is 0 Å². The fourth-order valence-corrected chi connectivity index (χ4v) is 4.82. The molecular formula is C24H34N4O3. The number of hydrogen-bond acceptors (Lipinski definition) is 4.